The Bertz CT molecular complexity index is 385. The maximum Gasteiger partial charge on any atom is 0.263 e. The van der Waals surface area contributed by atoms with Crippen molar-refractivity contribution in [2.75, 3.05) is 7.05 Å². The lowest BCUT2D eigenvalue weighted by atomic mass is 10.1. The number of nitrogens with zero attached hydrogens (tertiary/aromatic N) is 1. The van der Waals surface area contributed by atoms with Crippen molar-refractivity contribution in [2.24, 2.45) is 0 Å². The van der Waals surface area contributed by atoms with Crippen LogP contribution in [0.5, 0.6) is 0 Å². The Morgan fingerprint density at radius 1 is 1.29 bits per heavy atom. The predicted octanol–water partition coefficient (Wildman–Crippen LogP) is 3.50. The van der Waals surface area contributed by atoms with Gasteiger partial charge in [0.25, 0.3) is 5.91 Å². The molecule has 0 fully saturated rings. The molecule has 0 N–H and O–H groups in total. The predicted molar refractivity (Wildman–Crippen MR) is 72.8 cm³/mol. The van der Waals surface area contributed by atoms with Gasteiger partial charge in [0.05, 0.1) is 4.88 Å². The molecule has 0 aliphatic heterocycles. The van der Waals surface area contributed by atoms with Gasteiger partial charge in [-0.15, -0.1) is 11.3 Å². The van der Waals surface area contributed by atoms with Crippen LogP contribution in [0.25, 0.3) is 0 Å². The van der Waals surface area contributed by atoms with Crippen molar-refractivity contribution >= 4 is 17.2 Å². The lowest BCUT2D eigenvalue weighted by Crippen LogP contribution is -2.32. The van der Waals surface area contributed by atoms with Gasteiger partial charge in [-0.05, 0) is 51.2 Å². The van der Waals surface area contributed by atoms with Crippen LogP contribution in [0, 0.1) is 0 Å². The summed E-state index contributed by atoms with van der Waals surface area (Å²) in [5.41, 5.74) is 1.42. The number of aryl methyl sites for hydroxylation is 2. The topological polar surface area (TPSA) is 20.3 Å². The van der Waals surface area contributed by atoms with E-state index >= 15 is 0 Å². The van der Waals surface area contributed by atoms with Crippen LogP contribution in [0.1, 0.15) is 53.2 Å². The summed E-state index contributed by atoms with van der Waals surface area (Å²) in [6.07, 6.45) is 6.21. The van der Waals surface area contributed by atoms with Crippen LogP contribution in [0.3, 0.4) is 0 Å². The number of carbonyl (C=O) groups is 1. The van der Waals surface area contributed by atoms with Gasteiger partial charge in [-0.3, -0.25) is 4.79 Å². The van der Waals surface area contributed by atoms with Gasteiger partial charge in [0.2, 0.25) is 0 Å². The number of fused-ring (bicyclic) bond motifs is 1. The van der Waals surface area contributed by atoms with Crippen molar-refractivity contribution in [1.29, 1.82) is 0 Å². The van der Waals surface area contributed by atoms with E-state index in [2.05, 4.69) is 19.9 Å². The highest BCUT2D eigenvalue weighted by atomic mass is 32.1. The molecule has 2 rings (SSSR count). The van der Waals surface area contributed by atoms with Crippen molar-refractivity contribution in [1.82, 2.24) is 4.90 Å². The fraction of sp³-hybridized carbons (Fsp3) is 0.643. The van der Waals surface area contributed by atoms with E-state index in [-0.39, 0.29) is 11.9 Å². The summed E-state index contributed by atoms with van der Waals surface area (Å²) in [4.78, 5) is 16.4. The number of hydrogen-bond donors (Lipinski definition) is 0. The van der Waals surface area contributed by atoms with E-state index in [1.807, 2.05) is 11.9 Å². The minimum Gasteiger partial charge on any atom is -0.339 e. The standard InChI is InChI=1S/C14H21NOS/c1-10(2)15(3)14(16)13-9-11-7-5-4-6-8-12(11)17-13/h9-10H,4-8H2,1-3H3. The molecule has 1 aromatic rings. The van der Waals surface area contributed by atoms with Crippen LogP contribution in [0.4, 0.5) is 0 Å². The third-order valence-corrected chi connectivity index (χ3v) is 4.78. The normalized spacial score (nSPS) is 15.5. The first-order chi connectivity index (χ1) is 8.09. The zero-order valence-electron chi connectivity index (χ0n) is 11.0. The average molecular weight is 251 g/mol. The number of thiophene rings is 1. The Kier molecular flexibility index (Phi) is 3.87. The van der Waals surface area contributed by atoms with Crippen molar-refractivity contribution in [3.8, 4) is 0 Å². The lowest BCUT2D eigenvalue weighted by Gasteiger charge is -2.20. The van der Waals surface area contributed by atoms with E-state index in [1.54, 1.807) is 11.3 Å². The Morgan fingerprint density at radius 3 is 2.71 bits per heavy atom. The highest BCUT2D eigenvalue weighted by Gasteiger charge is 2.20. The van der Waals surface area contributed by atoms with Gasteiger partial charge < -0.3 is 4.90 Å². The van der Waals surface area contributed by atoms with Crippen molar-refractivity contribution in [3.05, 3.63) is 21.4 Å². The minimum absolute atomic E-state index is 0.179. The van der Waals surface area contributed by atoms with E-state index in [1.165, 1.54) is 36.1 Å². The molecule has 1 aliphatic carbocycles. The van der Waals surface area contributed by atoms with Crippen LogP contribution in [-0.4, -0.2) is 23.9 Å². The molecule has 1 aliphatic rings. The zero-order chi connectivity index (χ0) is 12.4. The molecule has 0 spiro atoms. The lowest BCUT2D eigenvalue weighted by molar-refractivity contribution is 0.0760. The highest BCUT2D eigenvalue weighted by Crippen LogP contribution is 2.29. The molecule has 0 radical (unpaired) electrons. The second kappa shape index (κ2) is 5.21. The molecule has 0 saturated heterocycles. The molecule has 0 saturated carbocycles. The summed E-state index contributed by atoms with van der Waals surface area (Å²) in [5.74, 6) is 0.179. The van der Waals surface area contributed by atoms with E-state index in [4.69, 9.17) is 0 Å². The molecular weight excluding hydrogens is 230 g/mol. The molecule has 1 amide bonds. The van der Waals surface area contributed by atoms with Gasteiger partial charge >= 0.3 is 0 Å². The smallest absolute Gasteiger partial charge is 0.263 e. The third kappa shape index (κ3) is 2.71. The first-order valence-corrected chi connectivity index (χ1v) is 7.30. The number of carbonyl (C=O) groups excluding carboxylic acids is 1. The molecular formula is C14H21NOS. The van der Waals surface area contributed by atoms with E-state index in [0.717, 1.165) is 11.3 Å². The molecule has 0 bridgehead atoms. The van der Waals surface area contributed by atoms with E-state index in [0.29, 0.717) is 0 Å². The van der Waals surface area contributed by atoms with Gasteiger partial charge in [0.1, 0.15) is 0 Å². The Hall–Kier alpha value is -0.830. The van der Waals surface area contributed by atoms with Crippen LogP contribution in [-0.2, 0) is 12.8 Å². The van der Waals surface area contributed by atoms with Crippen molar-refractivity contribution in [2.45, 2.75) is 52.0 Å². The Labute approximate surface area is 108 Å². The number of hydrogen-bond acceptors (Lipinski definition) is 2. The SMILES string of the molecule is CC(C)N(C)C(=O)c1cc2c(s1)CCCCC2. The third-order valence-electron chi connectivity index (χ3n) is 3.55. The first kappa shape index (κ1) is 12.6. The summed E-state index contributed by atoms with van der Waals surface area (Å²) in [5, 5.41) is 0. The quantitative estimate of drug-likeness (QED) is 0.737. The van der Waals surface area contributed by atoms with Gasteiger partial charge in [0.15, 0.2) is 0 Å². The van der Waals surface area contributed by atoms with Crippen molar-refractivity contribution < 1.29 is 4.79 Å². The fourth-order valence-corrected chi connectivity index (χ4v) is 3.42. The number of rotatable bonds is 2. The maximum absolute atomic E-state index is 12.2. The maximum atomic E-state index is 12.2. The van der Waals surface area contributed by atoms with Gasteiger partial charge in [-0.1, -0.05) is 6.42 Å². The molecule has 94 valence electrons. The minimum atomic E-state index is 0.179. The largest absolute Gasteiger partial charge is 0.339 e. The summed E-state index contributed by atoms with van der Waals surface area (Å²) in [7, 11) is 1.89. The second-order valence-corrected chi connectivity index (χ2v) is 6.27. The highest BCUT2D eigenvalue weighted by molar-refractivity contribution is 7.14. The van der Waals surface area contributed by atoms with Crippen LogP contribution in [0.2, 0.25) is 0 Å². The van der Waals surface area contributed by atoms with Crippen LogP contribution in [0.15, 0.2) is 6.07 Å². The monoisotopic (exact) mass is 251 g/mol. The van der Waals surface area contributed by atoms with E-state index < -0.39 is 0 Å². The Morgan fingerprint density at radius 2 is 2.00 bits per heavy atom. The average Bonchev–Trinajstić information content (AvgIpc) is 2.58. The van der Waals surface area contributed by atoms with Gasteiger partial charge in [0, 0.05) is 18.0 Å². The summed E-state index contributed by atoms with van der Waals surface area (Å²) in [6, 6.07) is 2.40. The molecule has 0 aromatic carbocycles. The molecule has 0 atom stereocenters. The first-order valence-electron chi connectivity index (χ1n) is 6.48. The fourth-order valence-electron chi connectivity index (χ4n) is 2.18. The zero-order valence-corrected chi connectivity index (χ0v) is 11.8. The van der Waals surface area contributed by atoms with Gasteiger partial charge in [-0.25, -0.2) is 0 Å². The molecule has 3 heteroatoms. The number of amides is 1. The van der Waals surface area contributed by atoms with Crippen molar-refractivity contribution in [3.63, 3.8) is 0 Å². The van der Waals surface area contributed by atoms with E-state index in [9.17, 15) is 4.79 Å². The molecule has 0 unspecified atom stereocenters. The molecule has 17 heavy (non-hydrogen) atoms. The summed E-state index contributed by atoms with van der Waals surface area (Å²) >= 11 is 1.71. The Balaban J connectivity index is 2.20. The summed E-state index contributed by atoms with van der Waals surface area (Å²) in [6.45, 7) is 4.10. The van der Waals surface area contributed by atoms with Crippen LogP contribution < -0.4 is 0 Å². The molecule has 1 heterocycles. The summed E-state index contributed by atoms with van der Waals surface area (Å²) < 4.78 is 0. The molecule has 1 aromatic heterocycles. The second-order valence-electron chi connectivity index (χ2n) is 5.13. The van der Waals surface area contributed by atoms with Crippen LogP contribution >= 0.6 is 11.3 Å². The molecule has 2 nitrogen and oxygen atoms in total. The van der Waals surface area contributed by atoms with Gasteiger partial charge in [-0.2, -0.15) is 0 Å².